The van der Waals surface area contributed by atoms with Gasteiger partial charge in [0.05, 0.1) is 12.7 Å². The van der Waals surface area contributed by atoms with Crippen molar-refractivity contribution in [2.75, 3.05) is 12.4 Å². The number of nitrogens with one attached hydrogen (secondary N) is 1. The Balaban J connectivity index is 1.83. The molecule has 0 aliphatic rings. The molecule has 3 N–H and O–H groups in total. The fraction of sp³-hybridized carbons (Fsp3) is 0.115. The Morgan fingerprint density at radius 3 is 2.51 bits per heavy atom. The van der Waals surface area contributed by atoms with Crippen LogP contribution in [0.1, 0.15) is 22.8 Å². The number of carbonyl (C=O) groups is 1. The van der Waals surface area contributed by atoms with Crippen molar-refractivity contribution in [1.82, 2.24) is 0 Å². The Morgan fingerprint density at radius 1 is 1.05 bits per heavy atom. The van der Waals surface area contributed by atoms with Gasteiger partial charge in [0.15, 0.2) is 5.75 Å². The second kappa shape index (κ2) is 10.6. The Kier molecular flexibility index (Phi) is 7.44. The SMILES string of the molecule is CCc1cc(S(=O)(=O)O)c(N=Nc2c(O)c(C(=O)Nc3cccc(OC)c3)cc3ccccc23)cc1Cl. The fourth-order valence-corrected chi connectivity index (χ4v) is 4.68. The van der Waals surface area contributed by atoms with Crippen LogP contribution in [0.2, 0.25) is 5.02 Å². The van der Waals surface area contributed by atoms with Crippen molar-refractivity contribution in [1.29, 1.82) is 0 Å². The van der Waals surface area contributed by atoms with Crippen LogP contribution in [-0.4, -0.2) is 31.1 Å². The van der Waals surface area contributed by atoms with E-state index in [9.17, 15) is 22.9 Å². The van der Waals surface area contributed by atoms with E-state index in [2.05, 4.69) is 15.5 Å². The minimum atomic E-state index is -4.65. The van der Waals surface area contributed by atoms with Crippen molar-refractivity contribution >= 4 is 55.5 Å². The number of benzene rings is 4. The summed E-state index contributed by atoms with van der Waals surface area (Å²) >= 11 is 6.24. The molecule has 190 valence electrons. The molecule has 0 aromatic heterocycles. The Hall–Kier alpha value is -3.99. The number of phenolic OH excluding ortho intramolecular Hbond substituents is 1. The summed E-state index contributed by atoms with van der Waals surface area (Å²) in [6.45, 7) is 1.78. The summed E-state index contributed by atoms with van der Waals surface area (Å²) in [5, 5.41) is 23.1. The summed E-state index contributed by atoms with van der Waals surface area (Å²) < 4.78 is 38.9. The number of ether oxygens (including phenoxy) is 1. The molecule has 0 bridgehead atoms. The van der Waals surface area contributed by atoms with Crippen molar-refractivity contribution in [2.24, 2.45) is 10.2 Å². The van der Waals surface area contributed by atoms with E-state index in [0.717, 1.165) is 0 Å². The molecule has 0 heterocycles. The van der Waals surface area contributed by atoms with Gasteiger partial charge < -0.3 is 15.2 Å². The monoisotopic (exact) mass is 539 g/mol. The van der Waals surface area contributed by atoms with E-state index >= 15 is 0 Å². The van der Waals surface area contributed by atoms with Gasteiger partial charge in [0.2, 0.25) is 0 Å². The molecule has 0 saturated heterocycles. The number of amides is 1. The second-order valence-corrected chi connectivity index (χ2v) is 9.77. The molecule has 11 heteroatoms. The molecule has 4 aromatic rings. The van der Waals surface area contributed by atoms with Crippen LogP contribution in [0, 0.1) is 0 Å². The second-order valence-electron chi connectivity index (χ2n) is 7.97. The molecular weight excluding hydrogens is 518 g/mol. The Bertz CT molecular complexity index is 1650. The van der Waals surface area contributed by atoms with E-state index in [0.29, 0.717) is 34.2 Å². The van der Waals surface area contributed by atoms with Gasteiger partial charge in [0, 0.05) is 22.2 Å². The highest BCUT2D eigenvalue weighted by molar-refractivity contribution is 7.86. The lowest BCUT2D eigenvalue weighted by molar-refractivity contribution is 0.102. The van der Waals surface area contributed by atoms with Crippen molar-refractivity contribution in [3.8, 4) is 11.5 Å². The number of phenols is 1. The smallest absolute Gasteiger partial charge is 0.296 e. The minimum absolute atomic E-state index is 0.0640. The number of rotatable bonds is 7. The predicted molar refractivity (Wildman–Crippen MR) is 141 cm³/mol. The topological polar surface area (TPSA) is 138 Å². The van der Waals surface area contributed by atoms with Gasteiger partial charge in [0.1, 0.15) is 22.0 Å². The number of azo groups is 1. The lowest BCUT2D eigenvalue weighted by Gasteiger charge is -2.12. The van der Waals surface area contributed by atoms with Crippen molar-refractivity contribution < 1.29 is 27.6 Å². The van der Waals surface area contributed by atoms with Crippen LogP contribution in [-0.2, 0) is 16.5 Å². The van der Waals surface area contributed by atoms with Crippen LogP contribution >= 0.6 is 11.6 Å². The molecule has 0 aliphatic heterocycles. The number of halogens is 1. The van der Waals surface area contributed by atoms with Crippen molar-refractivity contribution in [3.63, 3.8) is 0 Å². The third kappa shape index (κ3) is 5.56. The van der Waals surface area contributed by atoms with Crippen LogP contribution in [0.4, 0.5) is 17.1 Å². The Labute approximate surface area is 218 Å². The van der Waals surface area contributed by atoms with E-state index in [1.165, 1.54) is 25.3 Å². The van der Waals surface area contributed by atoms with Crippen LogP contribution < -0.4 is 10.1 Å². The summed E-state index contributed by atoms with van der Waals surface area (Å²) in [5.41, 5.74) is 0.580. The van der Waals surface area contributed by atoms with Gasteiger partial charge in [0.25, 0.3) is 16.0 Å². The zero-order valence-corrected chi connectivity index (χ0v) is 21.3. The van der Waals surface area contributed by atoms with Crippen LogP contribution in [0.15, 0.2) is 81.9 Å². The first kappa shape index (κ1) is 26.1. The normalized spacial score (nSPS) is 11.7. The van der Waals surface area contributed by atoms with E-state index < -0.39 is 26.7 Å². The van der Waals surface area contributed by atoms with Gasteiger partial charge in [-0.1, -0.05) is 48.9 Å². The van der Waals surface area contributed by atoms with Crippen LogP contribution in [0.5, 0.6) is 11.5 Å². The van der Waals surface area contributed by atoms with Gasteiger partial charge >= 0.3 is 0 Å². The minimum Gasteiger partial charge on any atom is -0.505 e. The predicted octanol–water partition coefficient (Wildman–Crippen LogP) is 6.68. The third-order valence-corrected chi connectivity index (χ3v) is 6.85. The maximum absolute atomic E-state index is 13.1. The number of anilines is 1. The molecule has 37 heavy (non-hydrogen) atoms. The number of hydrogen-bond acceptors (Lipinski definition) is 7. The summed E-state index contributed by atoms with van der Waals surface area (Å²) in [7, 11) is -3.15. The summed E-state index contributed by atoms with van der Waals surface area (Å²) in [6.07, 6.45) is 0.425. The zero-order chi connectivity index (χ0) is 26.7. The van der Waals surface area contributed by atoms with Crippen LogP contribution in [0.25, 0.3) is 10.8 Å². The molecule has 4 aromatic carbocycles. The van der Waals surface area contributed by atoms with Crippen molar-refractivity contribution in [3.05, 3.63) is 82.9 Å². The molecule has 0 saturated carbocycles. The summed E-state index contributed by atoms with van der Waals surface area (Å²) in [4.78, 5) is 12.6. The molecule has 0 radical (unpaired) electrons. The van der Waals surface area contributed by atoms with E-state index in [1.807, 2.05) is 0 Å². The standard InChI is InChI=1S/C26H22ClN3O6S/c1-3-15-12-23(37(33,34)35)22(14-21(15)27)29-30-24-19-10-5-4-7-16(19)11-20(25(24)31)26(32)28-17-8-6-9-18(13-17)36-2/h4-14,31H,3H2,1-2H3,(H,28,32)(H,33,34,35). The first-order valence-electron chi connectivity index (χ1n) is 11.0. The lowest BCUT2D eigenvalue weighted by atomic mass is 10.0. The molecular formula is C26H22ClN3O6S. The molecule has 0 spiro atoms. The average Bonchev–Trinajstić information content (AvgIpc) is 2.87. The number of aryl methyl sites for hydroxylation is 1. The highest BCUT2D eigenvalue weighted by Gasteiger charge is 2.21. The van der Waals surface area contributed by atoms with E-state index in [1.54, 1.807) is 55.5 Å². The van der Waals surface area contributed by atoms with Gasteiger partial charge in [-0.25, -0.2) is 0 Å². The van der Waals surface area contributed by atoms with Gasteiger partial charge in [-0.2, -0.15) is 8.42 Å². The molecule has 0 aliphatic carbocycles. The van der Waals surface area contributed by atoms with Crippen LogP contribution in [0.3, 0.4) is 0 Å². The highest BCUT2D eigenvalue weighted by Crippen LogP contribution is 2.41. The van der Waals surface area contributed by atoms with Crippen molar-refractivity contribution in [2.45, 2.75) is 18.2 Å². The van der Waals surface area contributed by atoms with Gasteiger partial charge in [-0.15, -0.1) is 10.2 Å². The number of hydrogen-bond donors (Lipinski definition) is 3. The number of nitrogens with zero attached hydrogens (tertiary/aromatic N) is 2. The molecule has 0 atom stereocenters. The molecule has 9 nitrogen and oxygen atoms in total. The summed E-state index contributed by atoms with van der Waals surface area (Å²) in [6, 6.07) is 17.6. The van der Waals surface area contributed by atoms with Gasteiger partial charge in [-0.05, 0) is 47.7 Å². The first-order valence-corrected chi connectivity index (χ1v) is 12.9. The van der Waals surface area contributed by atoms with E-state index in [4.69, 9.17) is 16.3 Å². The number of methoxy groups -OCH3 is 1. The zero-order valence-electron chi connectivity index (χ0n) is 19.8. The number of carbonyl (C=O) groups excluding carboxylic acids is 1. The number of fused-ring (bicyclic) bond motifs is 1. The lowest BCUT2D eigenvalue weighted by Crippen LogP contribution is -2.12. The van der Waals surface area contributed by atoms with Gasteiger partial charge in [-0.3, -0.25) is 9.35 Å². The largest absolute Gasteiger partial charge is 0.505 e. The maximum atomic E-state index is 13.1. The maximum Gasteiger partial charge on any atom is 0.296 e. The first-order chi connectivity index (χ1) is 17.6. The highest BCUT2D eigenvalue weighted by atomic mass is 35.5. The molecule has 4 rings (SSSR count). The van der Waals surface area contributed by atoms with E-state index in [-0.39, 0.29) is 22.0 Å². The number of aromatic hydroxyl groups is 1. The molecule has 0 unspecified atom stereocenters. The fourth-order valence-electron chi connectivity index (χ4n) is 3.74. The Morgan fingerprint density at radius 2 is 1.81 bits per heavy atom. The summed E-state index contributed by atoms with van der Waals surface area (Å²) in [5.74, 6) is -0.535. The molecule has 0 fully saturated rings. The third-order valence-electron chi connectivity index (χ3n) is 5.61. The average molecular weight is 540 g/mol. The molecule has 1 amide bonds. The quantitative estimate of drug-likeness (QED) is 0.177.